The summed E-state index contributed by atoms with van der Waals surface area (Å²) >= 11 is 0. The van der Waals surface area contributed by atoms with E-state index in [9.17, 15) is 13.2 Å². The maximum atomic E-state index is 12.9. The van der Waals surface area contributed by atoms with Crippen molar-refractivity contribution < 1.29 is 17.9 Å². The molecule has 158 valence electrons. The molecule has 28 heavy (non-hydrogen) atoms. The molecule has 0 saturated carbocycles. The molecule has 2 heterocycles. The van der Waals surface area contributed by atoms with Crippen molar-refractivity contribution in [3.8, 4) is 0 Å². The van der Waals surface area contributed by atoms with E-state index >= 15 is 0 Å². The number of aryl methyl sites for hydroxylation is 1. The van der Waals surface area contributed by atoms with Gasteiger partial charge in [0.2, 0.25) is 10.0 Å². The summed E-state index contributed by atoms with van der Waals surface area (Å²) in [6.07, 6.45) is 0. The Morgan fingerprint density at radius 3 is 2.54 bits per heavy atom. The average molecular weight is 433 g/mol. The van der Waals surface area contributed by atoms with Gasteiger partial charge in [0.15, 0.2) is 0 Å². The van der Waals surface area contributed by atoms with Crippen LogP contribution in [0.25, 0.3) is 0 Å². The fraction of sp³-hybridized carbons (Fsp3) is 0.611. The lowest BCUT2D eigenvalue weighted by Gasteiger charge is -2.27. The number of ether oxygens (including phenoxy) is 1. The third-order valence-electron chi connectivity index (χ3n) is 4.96. The number of carbonyl (C=O) groups is 1. The van der Waals surface area contributed by atoms with Crippen LogP contribution in [0.15, 0.2) is 23.1 Å². The van der Waals surface area contributed by atoms with Crippen LogP contribution in [0.4, 0.5) is 0 Å². The second-order valence-electron chi connectivity index (χ2n) is 6.84. The van der Waals surface area contributed by atoms with Crippen LogP contribution >= 0.6 is 12.4 Å². The van der Waals surface area contributed by atoms with Gasteiger partial charge in [-0.3, -0.25) is 9.69 Å². The molecular formula is C18H29ClN4O4S. The maximum Gasteiger partial charge on any atom is 0.251 e. The molecule has 0 bridgehead atoms. The number of rotatable bonds is 6. The number of morpholine rings is 1. The van der Waals surface area contributed by atoms with Crippen molar-refractivity contribution in [3.05, 3.63) is 29.3 Å². The van der Waals surface area contributed by atoms with Gasteiger partial charge in [-0.1, -0.05) is 6.07 Å². The molecular weight excluding hydrogens is 404 g/mol. The molecule has 0 aliphatic carbocycles. The summed E-state index contributed by atoms with van der Waals surface area (Å²) in [5.41, 5.74) is 1.01. The largest absolute Gasteiger partial charge is 0.379 e. The number of piperazine rings is 1. The lowest BCUT2D eigenvalue weighted by atomic mass is 10.1. The Morgan fingerprint density at radius 1 is 1.18 bits per heavy atom. The molecule has 0 radical (unpaired) electrons. The van der Waals surface area contributed by atoms with Crippen molar-refractivity contribution in [2.75, 3.05) is 65.6 Å². The summed E-state index contributed by atoms with van der Waals surface area (Å²) in [7, 11) is -3.63. The Bertz CT molecular complexity index is 763. The number of benzene rings is 1. The van der Waals surface area contributed by atoms with Crippen molar-refractivity contribution >= 4 is 28.3 Å². The van der Waals surface area contributed by atoms with Crippen molar-refractivity contribution in [2.45, 2.75) is 11.8 Å². The molecule has 2 aliphatic heterocycles. The van der Waals surface area contributed by atoms with E-state index in [1.165, 1.54) is 10.4 Å². The first-order chi connectivity index (χ1) is 13.0. The third kappa shape index (κ3) is 5.65. The van der Waals surface area contributed by atoms with Crippen LogP contribution in [-0.4, -0.2) is 89.1 Å². The second kappa shape index (κ2) is 10.5. The van der Waals surface area contributed by atoms with E-state index in [1.54, 1.807) is 19.1 Å². The van der Waals surface area contributed by atoms with Gasteiger partial charge in [0.05, 0.1) is 18.1 Å². The van der Waals surface area contributed by atoms with Crippen LogP contribution < -0.4 is 10.6 Å². The Labute approximate surface area is 173 Å². The Morgan fingerprint density at radius 2 is 1.86 bits per heavy atom. The van der Waals surface area contributed by atoms with Crippen LogP contribution in [-0.2, 0) is 14.8 Å². The van der Waals surface area contributed by atoms with Crippen LogP contribution in [0.3, 0.4) is 0 Å². The summed E-state index contributed by atoms with van der Waals surface area (Å²) in [6, 6.07) is 4.85. The molecule has 0 unspecified atom stereocenters. The van der Waals surface area contributed by atoms with Gasteiger partial charge in [0.1, 0.15) is 0 Å². The molecule has 2 saturated heterocycles. The summed E-state index contributed by atoms with van der Waals surface area (Å²) in [6.45, 7) is 8.42. The SMILES string of the molecule is Cc1ccc(C(=O)NCCN2CCNCC2)cc1S(=O)(=O)N1CCOCC1.Cl. The van der Waals surface area contributed by atoms with Gasteiger partial charge in [-0.15, -0.1) is 12.4 Å². The highest BCUT2D eigenvalue weighted by Crippen LogP contribution is 2.22. The van der Waals surface area contributed by atoms with Crippen LogP contribution in [0.5, 0.6) is 0 Å². The topological polar surface area (TPSA) is 91.0 Å². The molecule has 0 aromatic heterocycles. The highest BCUT2D eigenvalue weighted by atomic mass is 35.5. The molecule has 2 aliphatic rings. The molecule has 3 rings (SSSR count). The van der Waals surface area contributed by atoms with E-state index in [-0.39, 0.29) is 23.2 Å². The number of nitrogens with one attached hydrogen (secondary N) is 2. The molecule has 0 spiro atoms. The number of carbonyl (C=O) groups excluding carboxylic acids is 1. The van der Waals surface area contributed by atoms with Crippen LogP contribution in [0, 0.1) is 6.92 Å². The van der Waals surface area contributed by atoms with E-state index in [2.05, 4.69) is 15.5 Å². The minimum Gasteiger partial charge on any atom is -0.379 e. The monoisotopic (exact) mass is 432 g/mol. The lowest BCUT2D eigenvalue weighted by molar-refractivity contribution is 0.0730. The van der Waals surface area contributed by atoms with Crippen molar-refractivity contribution in [3.63, 3.8) is 0 Å². The van der Waals surface area contributed by atoms with Crippen molar-refractivity contribution in [1.82, 2.24) is 19.8 Å². The van der Waals surface area contributed by atoms with E-state index in [0.717, 1.165) is 32.7 Å². The van der Waals surface area contributed by atoms with Gasteiger partial charge in [-0.25, -0.2) is 8.42 Å². The van der Waals surface area contributed by atoms with E-state index in [0.29, 0.717) is 44.0 Å². The van der Waals surface area contributed by atoms with Gasteiger partial charge >= 0.3 is 0 Å². The minimum atomic E-state index is -3.63. The van der Waals surface area contributed by atoms with Crippen molar-refractivity contribution in [1.29, 1.82) is 0 Å². The number of amides is 1. The van der Waals surface area contributed by atoms with Crippen molar-refractivity contribution in [2.24, 2.45) is 0 Å². The summed E-state index contributed by atoms with van der Waals surface area (Å²) in [5.74, 6) is -0.247. The van der Waals surface area contributed by atoms with Gasteiger partial charge in [-0.2, -0.15) is 4.31 Å². The molecule has 1 amide bonds. The highest BCUT2D eigenvalue weighted by Gasteiger charge is 2.28. The number of sulfonamides is 1. The molecule has 1 aromatic rings. The van der Waals surface area contributed by atoms with Gasteiger partial charge in [0, 0.05) is 57.9 Å². The van der Waals surface area contributed by atoms with E-state index in [4.69, 9.17) is 4.74 Å². The smallest absolute Gasteiger partial charge is 0.251 e. The zero-order chi connectivity index (χ0) is 19.3. The number of hydrogen-bond acceptors (Lipinski definition) is 6. The molecule has 2 N–H and O–H groups in total. The summed E-state index contributed by atoms with van der Waals surface area (Å²) in [5, 5.41) is 6.19. The standard InChI is InChI=1S/C18H28N4O4S.ClH/c1-15-2-3-16(18(23)20-6-9-21-7-4-19-5-8-21)14-17(15)27(24,25)22-10-12-26-13-11-22;/h2-3,14,19H,4-13H2,1H3,(H,20,23);1H. The quantitative estimate of drug-likeness (QED) is 0.661. The highest BCUT2D eigenvalue weighted by molar-refractivity contribution is 7.89. The zero-order valence-electron chi connectivity index (χ0n) is 16.1. The van der Waals surface area contributed by atoms with Gasteiger partial charge in [-0.05, 0) is 24.6 Å². The Hall–Kier alpha value is -1.23. The van der Waals surface area contributed by atoms with Gasteiger partial charge < -0.3 is 15.4 Å². The Balaban J connectivity index is 0.00000280. The second-order valence-corrected chi connectivity index (χ2v) is 8.75. The normalized spacial score (nSPS) is 19.0. The summed E-state index contributed by atoms with van der Waals surface area (Å²) < 4.78 is 32.5. The number of hydrogen-bond donors (Lipinski definition) is 2. The fourth-order valence-corrected chi connectivity index (χ4v) is 4.97. The minimum absolute atomic E-state index is 0. The van der Waals surface area contributed by atoms with Crippen LogP contribution in [0.1, 0.15) is 15.9 Å². The molecule has 8 nitrogen and oxygen atoms in total. The number of nitrogens with zero attached hydrogens (tertiary/aromatic N) is 2. The number of halogens is 1. The predicted octanol–water partition coefficient (Wildman–Crippen LogP) is 0.0727. The fourth-order valence-electron chi connectivity index (χ4n) is 3.31. The lowest BCUT2D eigenvalue weighted by Crippen LogP contribution is -2.46. The maximum absolute atomic E-state index is 12.9. The summed E-state index contributed by atoms with van der Waals surface area (Å²) in [4.78, 5) is 15.0. The average Bonchev–Trinajstić information content (AvgIpc) is 2.69. The first-order valence-corrected chi connectivity index (χ1v) is 10.8. The predicted molar refractivity (Wildman–Crippen MR) is 110 cm³/mol. The zero-order valence-corrected chi connectivity index (χ0v) is 17.8. The van der Waals surface area contributed by atoms with E-state index in [1.807, 2.05) is 0 Å². The first kappa shape index (κ1) is 23.1. The Kier molecular flexibility index (Phi) is 8.66. The molecule has 0 atom stereocenters. The van der Waals surface area contributed by atoms with E-state index < -0.39 is 10.0 Å². The van der Waals surface area contributed by atoms with Gasteiger partial charge in [0.25, 0.3) is 5.91 Å². The third-order valence-corrected chi connectivity index (χ3v) is 7.00. The molecule has 2 fully saturated rings. The van der Waals surface area contributed by atoms with Crippen LogP contribution in [0.2, 0.25) is 0 Å². The molecule has 1 aromatic carbocycles. The first-order valence-electron chi connectivity index (χ1n) is 9.38. The molecule has 10 heteroatoms.